The van der Waals surface area contributed by atoms with Gasteiger partial charge in [0, 0.05) is 38.1 Å². The van der Waals surface area contributed by atoms with Crippen molar-refractivity contribution in [3.63, 3.8) is 0 Å². The largest absolute Gasteiger partial charge is 0.354 e. The van der Waals surface area contributed by atoms with Crippen molar-refractivity contribution in [2.24, 2.45) is 0 Å². The third-order valence-corrected chi connectivity index (χ3v) is 5.69. The quantitative estimate of drug-likeness (QED) is 0.561. The molecule has 1 fully saturated rings. The van der Waals surface area contributed by atoms with Crippen molar-refractivity contribution in [2.45, 2.75) is 51.7 Å². The molecule has 2 N–H and O–H groups in total. The zero-order valence-corrected chi connectivity index (χ0v) is 18.6. The van der Waals surface area contributed by atoms with E-state index in [-0.39, 0.29) is 23.8 Å². The Morgan fingerprint density at radius 1 is 1.22 bits per heavy atom. The van der Waals surface area contributed by atoms with E-state index in [0.29, 0.717) is 13.0 Å². The second kappa shape index (κ2) is 10.0. The fourth-order valence-corrected chi connectivity index (χ4v) is 4.05. The van der Waals surface area contributed by atoms with Gasteiger partial charge in [-0.15, -0.1) is 0 Å². The van der Waals surface area contributed by atoms with E-state index < -0.39 is 0 Å². The van der Waals surface area contributed by atoms with Crippen LogP contribution in [0, 0.1) is 5.82 Å². The number of carbonyl (C=O) groups is 1. The lowest BCUT2D eigenvalue weighted by atomic mass is 10.1. The molecule has 1 saturated heterocycles. The van der Waals surface area contributed by atoms with E-state index in [9.17, 15) is 9.18 Å². The highest BCUT2D eigenvalue weighted by molar-refractivity contribution is 5.76. The summed E-state index contributed by atoms with van der Waals surface area (Å²) in [7, 11) is 0. The highest BCUT2D eigenvalue weighted by Gasteiger charge is 2.22. The Balaban J connectivity index is 1.39. The van der Waals surface area contributed by atoms with Gasteiger partial charge in [-0.05, 0) is 44.4 Å². The molecule has 0 spiro atoms. The summed E-state index contributed by atoms with van der Waals surface area (Å²) in [5.41, 5.74) is 2.45. The number of carbonyl (C=O) groups excluding carboxylic acids is 1. The van der Waals surface area contributed by atoms with Gasteiger partial charge in [-0.1, -0.05) is 12.1 Å². The Labute approximate surface area is 187 Å². The summed E-state index contributed by atoms with van der Waals surface area (Å²) in [5, 5.41) is 6.53. The van der Waals surface area contributed by atoms with Crippen molar-refractivity contribution >= 4 is 23.0 Å². The summed E-state index contributed by atoms with van der Waals surface area (Å²) < 4.78 is 15.3. The molecule has 2 aromatic heterocycles. The van der Waals surface area contributed by atoms with Gasteiger partial charge in [-0.25, -0.2) is 19.3 Å². The topological polar surface area (TPSA) is 88.0 Å². The van der Waals surface area contributed by atoms with Crippen molar-refractivity contribution < 1.29 is 9.18 Å². The Morgan fingerprint density at radius 3 is 2.69 bits per heavy atom. The van der Waals surface area contributed by atoms with Crippen LogP contribution in [0.25, 0.3) is 11.2 Å². The van der Waals surface area contributed by atoms with Gasteiger partial charge in [0.05, 0.1) is 12.7 Å². The highest BCUT2D eigenvalue weighted by Crippen LogP contribution is 2.22. The third-order valence-electron chi connectivity index (χ3n) is 5.69. The lowest BCUT2D eigenvalue weighted by molar-refractivity contribution is -0.121. The number of fused-ring (bicyclic) bond motifs is 1. The first-order valence-electron chi connectivity index (χ1n) is 11.2. The van der Waals surface area contributed by atoms with Crippen LogP contribution in [-0.2, 0) is 11.3 Å². The smallest absolute Gasteiger partial charge is 0.221 e. The van der Waals surface area contributed by atoms with Gasteiger partial charge in [-0.3, -0.25) is 9.36 Å². The van der Waals surface area contributed by atoms with Crippen LogP contribution in [0.4, 0.5) is 10.3 Å². The molecule has 0 atom stereocenters. The third kappa shape index (κ3) is 5.59. The van der Waals surface area contributed by atoms with Crippen LogP contribution in [0.15, 0.2) is 36.8 Å². The van der Waals surface area contributed by atoms with Crippen LogP contribution in [-0.4, -0.2) is 62.0 Å². The van der Waals surface area contributed by atoms with E-state index >= 15 is 0 Å². The van der Waals surface area contributed by atoms with Crippen molar-refractivity contribution in [3.8, 4) is 0 Å². The van der Waals surface area contributed by atoms with E-state index in [1.807, 2.05) is 18.4 Å². The van der Waals surface area contributed by atoms with Gasteiger partial charge in [0.1, 0.15) is 17.7 Å². The molecule has 32 heavy (non-hydrogen) atoms. The number of anilines is 1. The molecule has 9 heteroatoms. The molecule has 0 bridgehead atoms. The molecule has 0 unspecified atom stereocenters. The number of rotatable bonds is 8. The van der Waals surface area contributed by atoms with E-state index in [4.69, 9.17) is 4.98 Å². The minimum absolute atomic E-state index is 0.107. The van der Waals surface area contributed by atoms with E-state index in [1.54, 1.807) is 18.3 Å². The maximum Gasteiger partial charge on any atom is 0.221 e. The minimum Gasteiger partial charge on any atom is -0.354 e. The average molecular weight is 440 g/mol. The van der Waals surface area contributed by atoms with E-state index in [1.165, 1.54) is 18.5 Å². The summed E-state index contributed by atoms with van der Waals surface area (Å²) >= 11 is 0. The summed E-state index contributed by atoms with van der Waals surface area (Å²) in [5.74, 6) is 0.605. The minimum atomic E-state index is -0.252. The van der Waals surface area contributed by atoms with Crippen LogP contribution in [0.2, 0.25) is 0 Å². The maximum absolute atomic E-state index is 13.3. The molecular formula is C23H30FN7O. The number of likely N-dealkylation sites (tertiary alicyclic amines) is 1. The molecule has 0 radical (unpaired) electrons. The van der Waals surface area contributed by atoms with Gasteiger partial charge >= 0.3 is 0 Å². The summed E-state index contributed by atoms with van der Waals surface area (Å²) in [6, 6.07) is 6.95. The van der Waals surface area contributed by atoms with Crippen LogP contribution in [0.1, 0.15) is 38.7 Å². The summed E-state index contributed by atoms with van der Waals surface area (Å²) in [6.45, 7) is 7.15. The highest BCUT2D eigenvalue weighted by atomic mass is 19.1. The molecule has 1 aliphatic rings. The fourth-order valence-electron chi connectivity index (χ4n) is 4.05. The first-order valence-corrected chi connectivity index (χ1v) is 11.2. The molecule has 1 amide bonds. The number of benzene rings is 1. The number of nitrogens with zero attached hydrogens (tertiary/aromatic N) is 5. The van der Waals surface area contributed by atoms with Crippen LogP contribution >= 0.6 is 0 Å². The van der Waals surface area contributed by atoms with Crippen LogP contribution in [0.3, 0.4) is 0 Å². The van der Waals surface area contributed by atoms with Gasteiger partial charge in [0.25, 0.3) is 0 Å². The first-order chi connectivity index (χ1) is 15.5. The van der Waals surface area contributed by atoms with Crippen molar-refractivity contribution in [2.75, 3.05) is 25.0 Å². The van der Waals surface area contributed by atoms with E-state index in [0.717, 1.165) is 55.2 Å². The van der Waals surface area contributed by atoms with Crippen molar-refractivity contribution in [3.05, 3.63) is 48.2 Å². The number of imidazole rings is 1. The second-order valence-electron chi connectivity index (χ2n) is 8.61. The zero-order chi connectivity index (χ0) is 22.5. The average Bonchev–Trinajstić information content (AvgIpc) is 3.11. The van der Waals surface area contributed by atoms with E-state index in [2.05, 4.69) is 25.5 Å². The summed E-state index contributed by atoms with van der Waals surface area (Å²) in [6.07, 6.45) is 5.69. The number of hydrogen-bond acceptors (Lipinski definition) is 6. The molecule has 0 saturated carbocycles. The number of nitrogens with one attached hydrogen (secondary N) is 2. The lowest BCUT2D eigenvalue weighted by Crippen LogP contribution is -2.41. The van der Waals surface area contributed by atoms with Gasteiger partial charge < -0.3 is 15.5 Å². The number of aromatic nitrogens is 4. The van der Waals surface area contributed by atoms with Crippen molar-refractivity contribution in [1.82, 2.24) is 29.7 Å². The molecule has 8 nitrogen and oxygen atoms in total. The Morgan fingerprint density at radius 2 is 1.97 bits per heavy atom. The molecule has 4 rings (SSSR count). The van der Waals surface area contributed by atoms with Crippen molar-refractivity contribution in [1.29, 1.82) is 0 Å². The number of hydrogen-bond donors (Lipinski definition) is 2. The first kappa shape index (κ1) is 22.1. The fraction of sp³-hybridized carbons (Fsp3) is 0.478. The Hall–Kier alpha value is -3.07. The Bertz CT molecular complexity index is 1040. The molecule has 1 aromatic carbocycles. The number of amides is 1. The summed E-state index contributed by atoms with van der Waals surface area (Å²) in [4.78, 5) is 27.5. The molecule has 0 aliphatic carbocycles. The van der Waals surface area contributed by atoms with Gasteiger partial charge in [0.15, 0.2) is 5.65 Å². The SMILES string of the molecule is CC(C)NC(=O)CCN1CCC(Nc2nc3cncnc3n2Cc2ccc(F)cc2)CC1. The molecule has 3 aromatic rings. The van der Waals surface area contributed by atoms with Crippen LogP contribution < -0.4 is 10.6 Å². The normalized spacial score (nSPS) is 15.4. The van der Waals surface area contributed by atoms with Gasteiger partial charge in [0.2, 0.25) is 11.9 Å². The number of piperidine rings is 1. The van der Waals surface area contributed by atoms with Gasteiger partial charge in [-0.2, -0.15) is 0 Å². The standard InChI is InChI=1S/C23H30FN7O/c1-16(2)27-21(32)9-12-30-10-7-19(8-11-30)28-23-29-20-13-25-15-26-22(20)31(23)14-17-3-5-18(24)6-4-17/h3-6,13,15-16,19H,7-12,14H2,1-2H3,(H,27,32)(H,28,29). The predicted molar refractivity (Wildman–Crippen MR) is 122 cm³/mol. The predicted octanol–water partition coefficient (Wildman–Crippen LogP) is 2.80. The Kier molecular flexibility index (Phi) is 6.94. The molecule has 1 aliphatic heterocycles. The number of halogens is 1. The molecule has 3 heterocycles. The maximum atomic E-state index is 13.3. The second-order valence-corrected chi connectivity index (χ2v) is 8.61. The molecular weight excluding hydrogens is 409 g/mol. The lowest BCUT2D eigenvalue weighted by Gasteiger charge is -2.32. The van der Waals surface area contributed by atoms with Crippen LogP contribution in [0.5, 0.6) is 0 Å². The monoisotopic (exact) mass is 439 g/mol. The zero-order valence-electron chi connectivity index (χ0n) is 18.6. The molecule has 170 valence electrons.